The highest BCUT2D eigenvalue weighted by molar-refractivity contribution is 9.10. The van der Waals surface area contributed by atoms with Crippen LogP contribution in [0.3, 0.4) is 0 Å². The maximum Gasteiger partial charge on any atom is 0.0414 e. The molecule has 0 radical (unpaired) electrons. The molecule has 1 aromatic heterocycles. The van der Waals surface area contributed by atoms with Gasteiger partial charge in [-0.05, 0) is 24.9 Å². The summed E-state index contributed by atoms with van der Waals surface area (Å²) in [4.78, 5) is 3.60. The lowest BCUT2D eigenvalue weighted by Gasteiger charge is -2.00. The molecule has 0 saturated heterocycles. The van der Waals surface area contributed by atoms with E-state index in [2.05, 4.69) is 20.9 Å². The van der Waals surface area contributed by atoms with E-state index in [4.69, 9.17) is 13.7 Å². The number of aryl methyl sites for hydroxylation is 2. The van der Waals surface area contributed by atoms with Crippen LogP contribution in [0, 0.1) is 6.85 Å². The van der Waals surface area contributed by atoms with Crippen LogP contribution in [0.15, 0.2) is 16.7 Å². The van der Waals surface area contributed by atoms with Gasteiger partial charge >= 0.3 is 0 Å². The quantitative estimate of drug-likeness (QED) is 0.752. The molecule has 0 unspecified atom stereocenters. The molecule has 0 fully saturated rings. The van der Waals surface area contributed by atoms with E-state index in [1.165, 1.54) is 0 Å². The first-order valence-corrected chi connectivity index (χ1v) is 3.58. The fourth-order valence-electron chi connectivity index (χ4n) is 0.563. The molecular weight excluding hydrogens is 202 g/mol. The summed E-state index contributed by atoms with van der Waals surface area (Å²) >= 11 is 2.96. The lowest BCUT2D eigenvalue weighted by molar-refractivity contribution is 0.879. The molecule has 0 aromatic carbocycles. The molecule has 0 amide bonds. The SMILES string of the molecule is [2H]C([2H])([2H])c1cnc(C([2H])([2H])C([2H])([2H])C([2H])([2H])[2H])cc1Br. The first-order valence-electron chi connectivity index (χ1n) is 7.79. The van der Waals surface area contributed by atoms with Crippen molar-refractivity contribution < 1.29 is 13.7 Å². The molecule has 0 aliphatic heterocycles. The standard InChI is InChI=1S/C9H12BrN/c1-3-4-8-5-9(10)7(2)6-11-8/h5-6H,3-4H2,1-2H3/i1D3,2D3,3D2,4D2. The smallest absolute Gasteiger partial charge is 0.0414 e. The summed E-state index contributed by atoms with van der Waals surface area (Å²) in [5.74, 6) is 0. The van der Waals surface area contributed by atoms with Gasteiger partial charge in [-0.1, -0.05) is 29.2 Å². The maximum absolute atomic E-state index is 7.76. The Balaban J connectivity index is 3.38. The van der Waals surface area contributed by atoms with E-state index in [0.717, 1.165) is 12.3 Å². The topological polar surface area (TPSA) is 12.9 Å². The zero-order valence-corrected chi connectivity index (χ0v) is 7.07. The van der Waals surface area contributed by atoms with Crippen molar-refractivity contribution in [1.82, 2.24) is 4.98 Å². The minimum absolute atomic E-state index is 0.0118. The van der Waals surface area contributed by atoms with Crippen molar-refractivity contribution in [2.75, 3.05) is 0 Å². The molecule has 0 saturated carbocycles. The van der Waals surface area contributed by atoms with Crippen molar-refractivity contribution in [3.63, 3.8) is 0 Å². The van der Waals surface area contributed by atoms with Crippen LogP contribution in [0.5, 0.6) is 0 Å². The van der Waals surface area contributed by atoms with Crippen LogP contribution in [0.1, 0.15) is 38.2 Å². The van der Waals surface area contributed by atoms with Crippen LogP contribution >= 0.6 is 15.9 Å². The lowest BCUT2D eigenvalue weighted by Crippen LogP contribution is -1.89. The normalized spacial score (nSPS) is 28.5. The first kappa shape index (κ1) is 2.32. The molecule has 1 aromatic rings. The summed E-state index contributed by atoms with van der Waals surface area (Å²) in [5.41, 5.74) is -0.667. The van der Waals surface area contributed by atoms with Gasteiger partial charge in [-0.2, -0.15) is 0 Å². The van der Waals surface area contributed by atoms with Crippen LogP contribution in [0.2, 0.25) is 0 Å². The highest BCUT2D eigenvalue weighted by Gasteiger charge is 1.96. The Morgan fingerprint density at radius 1 is 1.82 bits per heavy atom. The zero-order chi connectivity index (χ0) is 16.9. The van der Waals surface area contributed by atoms with Crippen LogP contribution in [-0.2, 0) is 6.37 Å². The van der Waals surface area contributed by atoms with E-state index in [-0.39, 0.29) is 10.0 Å². The highest BCUT2D eigenvalue weighted by Crippen LogP contribution is 2.15. The number of pyridine rings is 1. The third-order valence-electron chi connectivity index (χ3n) is 1.04. The monoisotopic (exact) mass is 223 g/mol. The van der Waals surface area contributed by atoms with Crippen molar-refractivity contribution in [1.29, 1.82) is 0 Å². The highest BCUT2D eigenvalue weighted by atomic mass is 79.9. The average Bonchev–Trinajstić information content (AvgIpc) is 2.25. The Morgan fingerprint density at radius 2 is 2.73 bits per heavy atom. The molecule has 1 nitrogen and oxygen atoms in total. The third kappa shape index (κ3) is 2.29. The molecule has 1 heterocycles. The fraction of sp³-hybridized carbons (Fsp3) is 0.444. The van der Waals surface area contributed by atoms with Crippen molar-refractivity contribution >= 4 is 15.9 Å². The molecule has 60 valence electrons. The van der Waals surface area contributed by atoms with Gasteiger partial charge in [-0.3, -0.25) is 4.98 Å². The van der Waals surface area contributed by atoms with E-state index in [9.17, 15) is 0 Å². The van der Waals surface area contributed by atoms with E-state index >= 15 is 0 Å². The van der Waals surface area contributed by atoms with E-state index in [0.29, 0.717) is 0 Å². The molecule has 2 heteroatoms. The van der Waals surface area contributed by atoms with Gasteiger partial charge in [0.25, 0.3) is 0 Å². The van der Waals surface area contributed by atoms with Gasteiger partial charge in [0.1, 0.15) is 0 Å². The second-order valence-electron chi connectivity index (χ2n) is 1.80. The molecule has 0 N–H and O–H groups in total. The van der Waals surface area contributed by atoms with Gasteiger partial charge in [0, 0.05) is 30.1 Å². The summed E-state index contributed by atoms with van der Waals surface area (Å²) in [5, 5.41) is 0. The number of hydrogen-bond acceptors (Lipinski definition) is 1. The maximum atomic E-state index is 7.76. The van der Waals surface area contributed by atoms with Gasteiger partial charge < -0.3 is 0 Å². The first-order chi connectivity index (χ1) is 9.12. The summed E-state index contributed by atoms with van der Waals surface area (Å²) in [7, 11) is 0. The minimum atomic E-state index is -3.20. The Hall–Kier alpha value is -0.370. The summed E-state index contributed by atoms with van der Waals surface area (Å²) in [6.07, 6.45) is -5.22. The van der Waals surface area contributed by atoms with Crippen LogP contribution in [0.25, 0.3) is 0 Å². The molecule has 0 aliphatic rings. The number of rotatable bonds is 2. The van der Waals surface area contributed by atoms with Gasteiger partial charge in [0.15, 0.2) is 0 Å². The second-order valence-corrected chi connectivity index (χ2v) is 2.65. The second kappa shape index (κ2) is 3.86. The molecule has 0 bridgehead atoms. The Labute approximate surface area is 90.0 Å². The van der Waals surface area contributed by atoms with E-state index in [1.54, 1.807) is 0 Å². The fourth-order valence-corrected chi connectivity index (χ4v) is 0.882. The van der Waals surface area contributed by atoms with Gasteiger partial charge in [0.2, 0.25) is 0 Å². The van der Waals surface area contributed by atoms with Crippen LogP contribution in [-0.4, -0.2) is 4.98 Å². The van der Waals surface area contributed by atoms with Crippen LogP contribution < -0.4 is 0 Å². The van der Waals surface area contributed by atoms with Crippen molar-refractivity contribution in [2.45, 2.75) is 26.4 Å². The molecule has 0 spiro atoms. The van der Waals surface area contributed by atoms with Gasteiger partial charge in [0.05, 0.1) is 0 Å². The summed E-state index contributed by atoms with van der Waals surface area (Å²) in [6.45, 7) is -5.67. The Bertz CT molecular complexity index is 532. The largest absolute Gasteiger partial charge is 0.261 e. The van der Waals surface area contributed by atoms with Crippen LogP contribution in [0.4, 0.5) is 0 Å². The van der Waals surface area contributed by atoms with E-state index < -0.39 is 32.1 Å². The predicted octanol–water partition coefficient (Wildman–Crippen LogP) is 3.11. The van der Waals surface area contributed by atoms with Crippen molar-refractivity contribution in [3.05, 3.63) is 28.0 Å². The minimum Gasteiger partial charge on any atom is -0.261 e. The summed E-state index contributed by atoms with van der Waals surface area (Å²) in [6, 6.07) is 0.991. The number of nitrogens with zero attached hydrogens (tertiary/aromatic N) is 1. The number of aromatic nitrogens is 1. The van der Waals surface area contributed by atoms with E-state index in [1.807, 2.05) is 0 Å². The third-order valence-corrected chi connectivity index (χ3v) is 1.70. The van der Waals surface area contributed by atoms with Crippen molar-refractivity contribution in [3.8, 4) is 0 Å². The molecule has 0 atom stereocenters. The molecule has 0 aliphatic carbocycles. The molecular formula is C9H12BrN. The van der Waals surface area contributed by atoms with Gasteiger partial charge in [-0.25, -0.2) is 0 Å². The zero-order valence-electron chi connectivity index (χ0n) is 15.5. The molecule has 11 heavy (non-hydrogen) atoms. The Morgan fingerprint density at radius 3 is 3.36 bits per heavy atom. The van der Waals surface area contributed by atoms with Crippen molar-refractivity contribution in [2.24, 2.45) is 0 Å². The predicted molar refractivity (Wildman–Crippen MR) is 50.7 cm³/mol. The van der Waals surface area contributed by atoms with Gasteiger partial charge in [-0.15, -0.1) is 0 Å². The number of halogens is 1. The number of hydrogen-bond donors (Lipinski definition) is 0. The lowest BCUT2D eigenvalue weighted by atomic mass is 10.2. The average molecular weight is 224 g/mol. The molecule has 1 rings (SSSR count). The Kier molecular flexibility index (Phi) is 0.813. The summed E-state index contributed by atoms with van der Waals surface area (Å²) < 4.78 is 73.8.